The standard InChI is InChI=1S/C26H15B/c27-19-11-10-16-14-18(9-8-17(16)15-19)20-12-13-25-22-5-2-1-4-21(22)24-7-3-6-23(20)26(24)25/h1-15H. The van der Waals surface area contributed by atoms with Gasteiger partial charge in [0.25, 0.3) is 0 Å². The Bertz CT molecular complexity index is 1350. The normalized spacial score (nSPS) is 11.9. The molecule has 0 amide bonds. The van der Waals surface area contributed by atoms with Crippen molar-refractivity contribution in [3.8, 4) is 33.4 Å². The molecule has 5 aromatic rings. The Hall–Kier alpha value is -3.32. The molecule has 2 radical (unpaired) electrons. The molecule has 0 unspecified atom stereocenters. The molecule has 1 aliphatic carbocycles. The first-order chi connectivity index (χ1) is 13.3. The van der Waals surface area contributed by atoms with Crippen molar-refractivity contribution < 1.29 is 0 Å². The molecule has 122 valence electrons. The minimum absolute atomic E-state index is 0.804. The Kier molecular flexibility index (Phi) is 2.93. The molecule has 0 saturated heterocycles. The van der Waals surface area contributed by atoms with Gasteiger partial charge in [0, 0.05) is 0 Å². The lowest BCUT2D eigenvalue weighted by atomic mass is 9.90. The maximum atomic E-state index is 5.93. The summed E-state index contributed by atoms with van der Waals surface area (Å²) in [7, 11) is 5.93. The molecule has 0 aromatic heterocycles. The summed E-state index contributed by atoms with van der Waals surface area (Å²) in [4.78, 5) is 0. The number of hydrogen-bond acceptors (Lipinski definition) is 0. The van der Waals surface area contributed by atoms with Crippen molar-refractivity contribution >= 4 is 34.9 Å². The fraction of sp³-hybridized carbons (Fsp3) is 0. The Labute approximate surface area is 159 Å². The van der Waals surface area contributed by atoms with Crippen LogP contribution in [0.2, 0.25) is 0 Å². The summed E-state index contributed by atoms with van der Waals surface area (Å²) in [5.74, 6) is 0. The zero-order valence-electron chi connectivity index (χ0n) is 14.7. The second-order valence-electron chi connectivity index (χ2n) is 7.26. The van der Waals surface area contributed by atoms with Crippen LogP contribution in [0.15, 0.2) is 91.0 Å². The molecule has 0 aliphatic heterocycles. The number of hydrogen-bond donors (Lipinski definition) is 0. The maximum Gasteiger partial charge on any atom is 0.113 e. The van der Waals surface area contributed by atoms with E-state index >= 15 is 0 Å². The largest absolute Gasteiger partial charge is 0.113 e. The van der Waals surface area contributed by atoms with Crippen molar-refractivity contribution in [3.05, 3.63) is 91.0 Å². The minimum Gasteiger partial charge on any atom is -0.0960 e. The second kappa shape index (κ2) is 5.34. The lowest BCUT2D eigenvalue weighted by Gasteiger charge is -2.11. The molecule has 0 atom stereocenters. The molecule has 0 nitrogen and oxygen atoms in total. The SMILES string of the molecule is [B]c1ccc2cc(-c3ccc4c5c(cccc35)-c3ccccc3-4)ccc2c1. The molecule has 1 heteroatoms. The molecule has 0 saturated carbocycles. The van der Waals surface area contributed by atoms with Crippen LogP contribution in [0.5, 0.6) is 0 Å². The molecule has 0 N–H and O–H groups in total. The zero-order valence-corrected chi connectivity index (χ0v) is 14.7. The molecule has 0 spiro atoms. The summed E-state index contributed by atoms with van der Waals surface area (Å²) < 4.78 is 0. The Balaban J connectivity index is 1.65. The van der Waals surface area contributed by atoms with Gasteiger partial charge in [-0.05, 0) is 61.0 Å². The van der Waals surface area contributed by atoms with Crippen molar-refractivity contribution in [1.82, 2.24) is 0 Å². The number of benzene rings is 5. The lowest BCUT2D eigenvalue weighted by Crippen LogP contribution is -1.99. The summed E-state index contributed by atoms with van der Waals surface area (Å²) in [5, 5.41) is 5.08. The van der Waals surface area contributed by atoms with Crippen LogP contribution in [0.1, 0.15) is 0 Å². The average molecular weight is 338 g/mol. The molecular weight excluding hydrogens is 323 g/mol. The highest BCUT2D eigenvalue weighted by atomic mass is 14.2. The monoisotopic (exact) mass is 338 g/mol. The third-order valence-electron chi connectivity index (χ3n) is 5.72. The molecule has 27 heavy (non-hydrogen) atoms. The van der Waals surface area contributed by atoms with Gasteiger partial charge < -0.3 is 0 Å². The molecule has 1 aliphatic rings. The van der Waals surface area contributed by atoms with Crippen molar-refractivity contribution in [2.75, 3.05) is 0 Å². The lowest BCUT2D eigenvalue weighted by molar-refractivity contribution is 1.69. The fourth-order valence-electron chi connectivity index (χ4n) is 4.49. The summed E-state index contributed by atoms with van der Waals surface area (Å²) >= 11 is 0. The van der Waals surface area contributed by atoms with Crippen LogP contribution in [0, 0.1) is 0 Å². The molecule has 5 aromatic carbocycles. The topological polar surface area (TPSA) is 0 Å². The van der Waals surface area contributed by atoms with Crippen LogP contribution < -0.4 is 5.46 Å². The smallest absolute Gasteiger partial charge is 0.0960 e. The van der Waals surface area contributed by atoms with Crippen molar-refractivity contribution in [2.45, 2.75) is 0 Å². The van der Waals surface area contributed by atoms with Crippen LogP contribution in [0.25, 0.3) is 54.9 Å². The maximum absolute atomic E-state index is 5.93. The van der Waals surface area contributed by atoms with Gasteiger partial charge in [-0.15, -0.1) is 0 Å². The quantitative estimate of drug-likeness (QED) is 0.318. The van der Waals surface area contributed by atoms with Crippen LogP contribution >= 0.6 is 0 Å². The first-order valence-corrected chi connectivity index (χ1v) is 9.25. The van der Waals surface area contributed by atoms with Crippen LogP contribution in [-0.4, -0.2) is 7.85 Å². The highest BCUT2D eigenvalue weighted by Crippen LogP contribution is 2.49. The molecular formula is C26H15B. The number of fused-ring (bicyclic) bond motifs is 4. The van der Waals surface area contributed by atoms with E-state index in [1.165, 1.54) is 54.9 Å². The highest BCUT2D eigenvalue weighted by molar-refractivity contribution is 6.33. The van der Waals surface area contributed by atoms with E-state index in [1.807, 2.05) is 12.1 Å². The van der Waals surface area contributed by atoms with E-state index in [1.54, 1.807) is 0 Å². The van der Waals surface area contributed by atoms with E-state index in [-0.39, 0.29) is 0 Å². The predicted molar refractivity (Wildman–Crippen MR) is 117 cm³/mol. The first-order valence-electron chi connectivity index (χ1n) is 9.25. The Morgan fingerprint density at radius 1 is 0.481 bits per heavy atom. The minimum atomic E-state index is 0.804. The highest BCUT2D eigenvalue weighted by Gasteiger charge is 2.21. The Morgan fingerprint density at radius 3 is 2.00 bits per heavy atom. The summed E-state index contributed by atoms with van der Waals surface area (Å²) in [6.07, 6.45) is 0. The van der Waals surface area contributed by atoms with E-state index in [0.29, 0.717) is 0 Å². The van der Waals surface area contributed by atoms with Crippen molar-refractivity contribution in [2.24, 2.45) is 0 Å². The predicted octanol–water partition coefficient (Wildman–Crippen LogP) is 6.10. The van der Waals surface area contributed by atoms with E-state index in [4.69, 9.17) is 7.85 Å². The van der Waals surface area contributed by atoms with Gasteiger partial charge in [-0.3, -0.25) is 0 Å². The van der Waals surface area contributed by atoms with Crippen LogP contribution in [-0.2, 0) is 0 Å². The first kappa shape index (κ1) is 14.8. The average Bonchev–Trinajstić information content (AvgIpc) is 3.04. The van der Waals surface area contributed by atoms with Crippen molar-refractivity contribution in [3.63, 3.8) is 0 Å². The van der Waals surface area contributed by atoms with Gasteiger partial charge in [0.1, 0.15) is 7.85 Å². The van der Waals surface area contributed by atoms with Gasteiger partial charge in [0.2, 0.25) is 0 Å². The van der Waals surface area contributed by atoms with Gasteiger partial charge >= 0.3 is 0 Å². The van der Waals surface area contributed by atoms with E-state index < -0.39 is 0 Å². The van der Waals surface area contributed by atoms with Gasteiger partial charge in [-0.1, -0.05) is 90.4 Å². The third-order valence-corrected chi connectivity index (χ3v) is 5.72. The van der Waals surface area contributed by atoms with Crippen molar-refractivity contribution in [1.29, 1.82) is 0 Å². The second-order valence-corrected chi connectivity index (χ2v) is 7.26. The number of rotatable bonds is 1. The zero-order chi connectivity index (χ0) is 18.0. The van der Waals surface area contributed by atoms with Crippen LogP contribution in [0.4, 0.5) is 0 Å². The fourth-order valence-corrected chi connectivity index (χ4v) is 4.49. The summed E-state index contributed by atoms with van der Waals surface area (Å²) in [5.41, 5.74) is 8.68. The summed E-state index contributed by atoms with van der Waals surface area (Å²) in [6, 6.07) is 32.6. The van der Waals surface area contributed by atoms with E-state index in [9.17, 15) is 0 Å². The van der Waals surface area contributed by atoms with E-state index in [2.05, 4.69) is 78.9 Å². The van der Waals surface area contributed by atoms with Gasteiger partial charge in [0.05, 0.1) is 0 Å². The van der Waals surface area contributed by atoms with E-state index in [0.717, 1.165) is 5.46 Å². The summed E-state index contributed by atoms with van der Waals surface area (Å²) in [6.45, 7) is 0. The molecule has 0 heterocycles. The molecule has 0 bridgehead atoms. The molecule has 0 fully saturated rings. The van der Waals surface area contributed by atoms with Crippen LogP contribution in [0.3, 0.4) is 0 Å². The molecule has 6 rings (SSSR count). The van der Waals surface area contributed by atoms with Gasteiger partial charge in [0.15, 0.2) is 0 Å². The third kappa shape index (κ3) is 2.06. The Morgan fingerprint density at radius 2 is 1.15 bits per heavy atom. The van der Waals surface area contributed by atoms with Gasteiger partial charge in [-0.25, -0.2) is 0 Å². The van der Waals surface area contributed by atoms with Gasteiger partial charge in [-0.2, -0.15) is 0 Å².